The van der Waals surface area contributed by atoms with Crippen molar-refractivity contribution >= 4 is 21.7 Å². The Bertz CT molecular complexity index is 1390. The molecule has 2 aromatic heterocycles. The summed E-state index contributed by atoms with van der Waals surface area (Å²) in [5.74, 6) is 4.18. The fourth-order valence-electron chi connectivity index (χ4n) is 5.37. The van der Waals surface area contributed by atoms with Gasteiger partial charge in [0, 0.05) is 35.8 Å². The third kappa shape index (κ3) is 2.34. The quantitative estimate of drug-likeness (QED) is 0.500. The van der Waals surface area contributed by atoms with Crippen LogP contribution in [-0.2, 0) is 7.05 Å². The zero-order valence-corrected chi connectivity index (χ0v) is 16.5. The van der Waals surface area contributed by atoms with Crippen molar-refractivity contribution in [1.82, 2.24) is 14.9 Å². The average molecular weight is 397 g/mol. The van der Waals surface area contributed by atoms with E-state index in [2.05, 4.69) is 22.0 Å². The Morgan fingerprint density at radius 1 is 1.23 bits per heavy atom. The number of terminal acetylenes is 1. The molecule has 1 saturated heterocycles. The molecule has 2 fully saturated rings. The van der Waals surface area contributed by atoms with Crippen molar-refractivity contribution < 1.29 is 9.50 Å². The summed E-state index contributed by atoms with van der Waals surface area (Å²) in [6.07, 6.45) is 9.75. The van der Waals surface area contributed by atoms with E-state index in [0.29, 0.717) is 27.9 Å². The maximum absolute atomic E-state index is 14.4. The Kier molecular flexibility index (Phi) is 3.54. The van der Waals surface area contributed by atoms with E-state index >= 15 is 0 Å². The Labute approximate surface area is 173 Å². The van der Waals surface area contributed by atoms with Gasteiger partial charge in [0.2, 0.25) is 0 Å². The third-order valence-corrected chi connectivity index (χ3v) is 6.83. The van der Waals surface area contributed by atoms with Crippen LogP contribution in [0.1, 0.15) is 17.0 Å². The molecule has 3 atom stereocenters. The molecule has 0 bridgehead atoms. The number of aryl methyl sites for hydroxylation is 1. The number of pyridine rings is 1. The molecular formula is C25H20FN3O. The fourth-order valence-corrected chi connectivity index (χ4v) is 5.37. The number of rotatable bonds is 2. The number of fused-ring (bicyclic) bond motifs is 3. The zero-order valence-electron chi connectivity index (χ0n) is 16.5. The van der Waals surface area contributed by atoms with Gasteiger partial charge in [0.05, 0.1) is 16.8 Å². The summed E-state index contributed by atoms with van der Waals surface area (Å²) in [5.41, 5.74) is 3.92. The first-order valence-electron chi connectivity index (χ1n) is 10.1. The molecule has 2 unspecified atom stereocenters. The molecular weight excluding hydrogens is 377 g/mol. The maximum atomic E-state index is 14.4. The summed E-state index contributed by atoms with van der Waals surface area (Å²) in [6.45, 7) is 2.18. The van der Waals surface area contributed by atoms with Gasteiger partial charge in [0.25, 0.3) is 0 Å². The molecule has 0 radical (unpaired) electrons. The molecule has 1 aliphatic heterocycles. The number of aromatic nitrogens is 2. The van der Waals surface area contributed by atoms with E-state index < -0.39 is 5.82 Å². The van der Waals surface area contributed by atoms with E-state index in [4.69, 9.17) is 11.4 Å². The highest BCUT2D eigenvalue weighted by atomic mass is 19.1. The Morgan fingerprint density at radius 3 is 2.80 bits per heavy atom. The summed E-state index contributed by atoms with van der Waals surface area (Å²) in [6, 6.07) is 8.18. The molecule has 6 rings (SSSR count). The number of benzene rings is 2. The normalized spacial score (nSPS) is 22.4. The van der Waals surface area contributed by atoms with Crippen molar-refractivity contribution in [2.45, 2.75) is 5.92 Å². The highest BCUT2D eigenvalue weighted by Crippen LogP contribution is 2.57. The molecule has 3 heterocycles. The summed E-state index contributed by atoms with van der Waals surface area (Å²) in [7, 11) is 2.04. The first-order chi connectivity index (χ1) is 14.6. The number of phenols is 1. The van der Waals surface area contributed by atoms with Crippen LogP contribution >= 0.6 is 0 Å². The Hall–Kier alpha value is -3.36. The minimum Gasteiger partial charge on any atom is -0.508 e. The van der Waals surface area contributed by atoms with Gasteiger partial charge >= 0.3 is 0 Å². The highest BCUT2D eigenvalue weighted by Gasteiger charge is 2.54. The average Bonchev–Trinajstić information content (AvgIpc) is 3.06. The number of hydrogen-bond donors (Lipinski definition) is 2. The summed E-state index contributed by atoms with van der Waals surface area (Å²) < 4.78 is 16.5. The zero-order chi connectivity index (χ0) is 20.6. The molecule has 0 spiro atoms. The van der Waals surface area contributed by atoms with Crippen LogP contribution in [0, 0.1) is 30.0 Å². The number of piperidine rings is 1. The first-order valence-corrected chi connectivity index (χ1v) is 10.1. The molecule has 5 heteroatoms. The van der Waals surface area contributed by atoms with Crippen LogP contribution in [0.2, 0.25) is 0 Å². The second-order valence-electron chi connectivity index (χ2n) is 8.45. The van der Waals surface area contributed by atoms with Gasteiger partial charge in [-0.3, -0.25) is 4.98 Å². The van der Waals surface area contributed by atoms with Crippen molar-refractivity contribution in [2.75, 3.05) is 13.1 Å². The van der Waals surface area contributed by atoms with Gasteiger partial charge in [0.15, 0.2) is 0 Å². The van der Waals surface area contributed by atoms with Crippen LogP contribution in [0.4, 0.5) is 4.39 Å². The lowest BCUT2D eigenvalue weighted by atomic mass is 9.96. The van der Waals surface area contributed by atoms with E-state index in [1.165, 1.54) is 11.6 Å². The second-order valence-corrected chi connectivity index (χ2v) is 8.45. The molecule has 4 aromatic rings. The first kappa shape index (κ1) is 17.5. The standard InChI is InChI=1S/C25H20FN3O/c1-3-15-21(26)5-4-13-6-14(30)7-16(24(13)15)22-8-23-17(11-28-22)20(12-29(23)2)25-18-9-27-10-19(18)25/h1,4-8,11-12,18-19,25,27,30H,9-10H2,2H3/t18-,19?,25?/m0/s1. The van der Waals surface area contributed by atoms with Crippen molar-refractivity contribution in [3.63, 3.8) is 0 Å². The van der Waals surface area contributed by atoms with Crippen LogP contribution in [0.3, 0.4) is 0 Å². The van der Waals surface area contributed by atoms with Crippen LogP contribution in [0.5, 0.6) is 5.75 Å². The highest BCUT2D eigenvalue weighted by molar-refractivity contribution is 6.02. The van der Waals surface area contributed by atoms with E-state index in [1.54, 1.807) is 18.2 Å². The van der Waals surface area contributed by atoms with Crippen molar-refractivity contribution in [1.29, 1.82) is 0 Å². The third-order valence-electron chi connectivity index (χ3n) is 6.83. The lowest BCUT2D eigenvalue weighted by Crippen LogP contribution is -2.13. The van der Waals surface area contributed by atoms with E-state index in [1.807, 2.05) is 19.3 Å². The van der Waals surface area contributed by atoms with Gasteiger partial charge in [-0.25, -0.2) is 4.39 Å². The topological polar surface area (TPSA) is 50.1 Å². The van der Waals surface area contributed by atoms with Gasteiger partial charge < -0.3 is 15.0 Å². The number of nitrogens with one attached hydrogen (secondary N) is 1. The summed E-state index contributed by atoms with van der Waals surface area (Å²) in [4.78, 5) is 4.72. The number of aromatic hydroxyl groups is 1. The SMILES string of the molecule is C#Cc1c(F)ccc2cc(O)cc(-c3cc4c(cn3)c(C3C5CNC[C@@H]53)cn4C)c12. The maximum Gasteiger partial charge on any atom is 0.139 e. The van der Waals surface area contributed by atoms with Crippen molar-refractivity contribution in [3.05, 3.63) is 59.7 Å². The predicted molar refractivity (Wildman–Crippen MR) is 116 cm³/mol. The number of nitrogens with zero attached hydrogens (tertiary/aromatic N) is 2. The van der Waals surface area contributed by atoms with Gasteiger partial charge in [-0.2, -0.15) is 0 Å². The Morgan fingerprint density at radius 2 is 2.03 bits per heavy atom. The molecule has 2 aliphatic rings. The van der Waals surface area contributed by atoms with Crippen LogP contribution < -0.4 is 5.32 Å². The number of phenolic OH excluding ortho intramolecular Hbond substituents is 1. The van der Waals surface area contributed by atoms with Gasteiger partial charge in [-0.15, -0.1) is 6.42 Å². The van der Waals surface area contributed by atoms with Crippen LogP contribution in [0.25, 0.3) is 32.9 Å². The van der Waals surface area contributed by atoms with Gasteiger partial charge in [-0.1, -0.05) is 12.0 Å². The largest absolute Gasteiger partial charge is 0.508 e. The molecule has 30 heavy (non-hydrogen) atoms. The Balaban J connectivity index is 1.56. The number of halogens is 1. The fraction of sp³-hybridized carbons (Fsp3) is 0.240. The van der Waals surface area contributed by atoms with E-state index in [0.717, 1.165) is 35.8 Å². The molecule has 4 nitrogen and oxygen atoms in total. The predicted octanol–water partition coefficient (Wildman–Crippen LogP) is 4.15. The molecule has 148 valence electrons. The second kappa shape index (κ2) is 6.07. The summed E-state index contributed by atoms with van der Waals surface area (Å²) >= 11 is 0. The van der Waals surface area contributed by atoms with Crippen LogP contribution in [-0.4, -0.2) is 27.7 Å². The molecule has 0 amide bonds. The minimum atomic E-state index is -0.451. The molecule has 1 saturated carbocycles. The molecule has 2 N–H and O–H groups in total. The lowest BCUT2D eigenvalue weighted by molar-refractivity contribution is 0.476. The van der Waals surface area contributed by atoms with Crippen molar-refractivity contribution in [2.24, 2.45) is 18.9 Å². The van der Waals surface area contributed by atoms with Gasteiger partial charge in [-0.05, 0) is 66.1 Å². The van der Waals surface area contributed by atoms with E-state index in [-0.39, 0.29) is 11.3 Å². The summed E-state index contributed by atoms with van der Waals surface area (Å²) in [5, 5.41) is 16.2. The molecule has 1 aliphatic carbocycles. The minimum absolute atomic E-state index is 0.0971. The lowest BCUT2D eigenvalue weighted by Gasteiger charge is -2.11. The smallest absolute Gasteiger partial charge is 0.139 e. The number of hydrogen-bond acceptors (Lipinski definition) is 3. The molecule has 2 aromatic carbocycles. The van der Waals surface area contributed by atoms with E-state index in [9.17, 15) is 9.50 Å². The van der Waals surface area contributed by atoms with Gasteiger partial charge in [0.1, 0.15) is 11.6 Å². The monoisotopic (exact) mass is 397 g/mol. The van der Waals surface area contributed by atoms with Crippen molar-refractivity contribution in [3.8, 4) is 29.4 Å². The van der Waals surface area contributed by atoms with Crippen LogP contribution in [0.15, 0.2) is 42.7 Å².